The number of nitrogens with two attached hydrogens (primary N) is 1. The van der Waals surface area contributed by atoms with Crippen molar-refractivity contribution in [2.45, 2.75) is 26.3 Å². The number of nitrogens with one attached hydrogen (secondary N) is 1. The zero-order valence-electron chi connectivity index (χ0n) is 12.4. The second-order valence-electron chi connectivity index (χ2n) is 5.85. The fraction of sp³-hybridized carbons (Fsp3) is 0.533. The van der Waals surface area contributed by atoms with Crippen LogP contribution in [0.15, 0.2) is 12.1 Å². The molecule has 1 aliphatic rings. The van der Waals surface area contributed by atoms with E-state index in [2.05, 4.69) is 24.1 Å². The minimum Gasteiger partial charge on any atom is -0.478 e. The van der Waals surface area contributed by atoms with Crippen molar-refractivity contribution in [1.29, 1.82) is 0 Å². The Kier molecular flexibility index (Phi) is 4.96. The molecule has 0 spiro atoms. The average molecular weight is 312 g/mol. The fourth-order valence-electron chi connectivity index (χ4n) is 2.72. The summed E-state index contributed by atoms with van der Waals surface area (Å²) in [5.74, 6) is -0.524. The van der Waals surface area contributed by atoms with Gasteiger partial charge in [0.2, 0.25) is 0 Å². The predicted molar refractivity (Wildman–Crippen MR) is 86.1 cm³/mol. The van der Waals surface area contributed by atoms with Crippen molar-refractivity contribution in [2.75, 3.05) is 30.7 Å². The van der Waals surface area contributed by atoms with Crippen LogP contribution < -0.4 is 11.1 Å². The number of carbonyl (C=O) groups is 1. The Hall–Kier alpha value is -1.46. The van der Waals surface area contributed by atoms with Crippen LogP contribution in [0, 0.1) is 5.92 Å². The Labute approximate surface area is 130 Å². The number of carboxylic acids is 1. The molecule has 1 heterocycles. The third kappa shape index (κ3) is 3.80. The molecule has 6 heteroatoms. The van der Waals surface area contributed by atoms with Crippen LogP contribution in [0.3, 0.4) is 0 Å². The largest absolute Gasteiger partial charge is 0.478 e. The van der Waals surface area contributed by atoms with E-state index in [0.29, 0.717) is 34.9 Å². The van der Waals surface area contributed by atoms with E-state index in [4.69, 9.17) is 17.3 Å². The number of anilines is 2. The van der Waals surface area contributed by atoms with Crippen LogP contribution in [0.2, 0.25) is 5.02 Å². The van der Waals surface area contributed by atoms with Gasteiger partial charge in [0.05, 0.1) is 16.3 Å². The quantitative estimate of drug-likeness (QED) is 0.729. The number of halogens is 1. The lowest BCUT2D eigenvalue weighted by molar-refractivity contribution is 0.0698. The fourth-order valence-corrected chi connectivity index (χ4v) is 3.02. The summed E-state index contributed by atoms with van der Waals surface area (Å²) in [5, 5.41) is 12.8. The van der Waals surface area contributed by atoms with E-state index in [9.17, 15) is 9.90 Å². The smallest absolute Gasteiger partial charge is 0.337 e. The number of benzene rings is 1. The molecule has 0 saturated carbocycles. The summed E-state index contributed by atoms with van der Waals surface area (Å²) in [6, 6.07) is 3.56. The zero-order valence-corrected chi connectivity index (χ0v) is 13.2. The summed E-state index contributed by atoms with van der Waals surface area (Å²) in [6.45, 7) is 7.21. The van der Waals surface area contributed by atoms with Gasteiger partial charge in [-0.1, -0.05) is 11.6 Å². The predicted octanol–water partition coefficient (Wildman–Crippen LogP) is 2.76. The molecule has 2 rings (SSSR count). The number of hydrogen-bond acceptors (Lipinski definition) is 4. The lowest BCUT2D eigenvalue weighted by Gasteiger charge is -2.21. The van der Waals surface area contributed by atoms with Gasteiger partial charge in [-0.2, -0.15) is 0 Å². The van der Waals surface area contributed by atoms with Crippen LogP contribution in [-0.4, -0.2) is 41.7 Å². The first-order valence-electron chi connectivity index (χ1n) is 7.18. The van der Waals surface area contributed by atoms with Crippen LogP contribution in [0.4, 0.5) is 11.4 Å². The molecular weight excluding hydrogens is 290 g/mol. The summed E-state index contributed by atoms with van der Waals surface area (Å²) in [6.07, 6.45) is 1.11. The molecule has 1 saturated heterocycles. The van der Waals surface area contributed by atoms with Gasteiger partial charge in [-0.15, -0.1) is 0 Å². The highest BCUT2D eigenvalue weighted by Crippen LogP contribution is 2.30. The Morgan fingerprint density at radius 3 is 2.86 bits per heavy atom. The topological polar surface area (TPSA) is 78.6 Å². The van der Waals surface area contributed by atoms with Gasteiger partial charge in [-0.25, -0.2) is 4.79 Å². The van der Waals surface area contributed by atoms with Crippen molar-refractivity contribution in [3.8, 4) is 0 Å². The van der Waals surface area contributed by atoms with Crippen LogP contribution in [0.5, 0.6) is 0 Å². The third-order valence-electron chi connectivity index (χ3n) is 3.96. The maximum atomic E-state index is 11.3. The van der Waals surface area contributed by atoms with Crippen molar-refractivity contribution in [2.24, 2.45) is 5.92 Å². The van der Waals surface area contributed by atoms with Crippen molar-refractivity contribution < 1.29 is 9.90 Å². The second kappa shape index (κ2) is 6.54. The third-order valence-corrected chi connectivity index (χ3v) is 4.26. The summed E-state index contributed by atoms with van der Waals surface area (Å²) in [5.41, 5.74) is 6.59. The van der Waals surface area contributed by atoms with E-state index in [0.717, 1.165) is 19.5 Å². The lowest BCUT2D eigenvalue weighted by atomic mass is 10.1. The molecule has 1 fully saturated rings. The Bertz CT molecular complexity index is 534. The minimum atomic E-state index is -1.03. The number of nitrogens with zero attached hydrogens (tertiary/aromatic N) is 1. The van der Waals surface area contributed by atoms with Gasteiger partial charge in [0.1, 0.15) is 0 Å². The van der Waals surface area contributed by atoms with Crippen molar-refractivity contribution in [1.82, 2.24) is 4.90 Å². The van der Waals surface area contributed by atoms with E-state index in [1.807, 2.05) is 0 Å². The van der Waals surface area contributed by atoms with Gasteiger partial charge in [0.25, 0.3) is 0 Å². The van der Waals surface area contributed by atoms with Gasteiger partial charge in [-0.3, -0.25) is 0 Å². The molecule has 1 aromatic carbocycles. The van der Waals surface area contributed by atoms with E-state index in [1.54, 1.807) is 6.07 Å². The number of aromatic carboxylic acids is 1. The molecule has 1 atom stereocenters. The first kappa shape index (κ1) is 15.9. The van der Waals surface area contributed by atoms with Crippen LogP contribution >= 0.6 is 11.6 Å². The normalized spacial score (nSPS) is 19.1. The van der Waals surface area contributed by atoms with Crippen LogP contribution in [-0.2, 0) is 0 Å². The highest BCUT2D eigenvalue weighted by molar-refractivity contribution is 6.34. The molecule has 1 unspecified atom stereocenters. The minimum absolute atomic E-state index is 0.124. The number of rotatable bonds is 5. The van der Waals surface area contributed by atoms with Gasteiger partial charge in [0.15, 0.2) is 0 Å². The second-order valence-corrected chi connectivity index (χ2v) is 6.26. The Morgan fingerprint density at radius 2 is 2.29 bits per heavy atom. The van der Waals surface area contributed by atoms with E-state index in [-0.39, 0.29) is 5.56 Å². The van der Waals surface area contributed by atoms with E-state index < -0.39 is 5.97 Å². The van der Waals surface area contributed by atoms with Crippen molar-refractivity contribution in [3.05, 3.63) is 22.7 Å². The SMILES string of the molecule is CC(C)N1CCC(CNc2c(Cl)cc(N)cc2C(=O)O)C1. The summed E-state index contributed by atoms with van der Waals surface area (Å²) in [7, 11) is 0. The zero-order chi connectivity index (χ0) is 15.6. The Balaban J connectivity index is 2.05. The number of nitrogen functional groups attached to an aromatic ring is 1. The first-order valence-corrected chi connectivity index (χ1v) is 7.56. The molecule has 5 nitrogen and oxygen atoms in total. The van der Waals surface area contributed by atoms with Gasteiger partial charge < -0.3 is 21.1 Å². The molecule has 1 aromatic rings. The molecule has 0 aliphatic carbocycles. The standard InChI is InChI=1S/C15H22ClN3O2/c1-9(2)19-4-3-10(8-19)7-18-14-12(15(20)21)5-11(17)6-13(14)16/h5-6,9-10,18H,3-4,7-8,17H2,1-2H3,(H,20,21). The van der Waals surface area contributed by atoms with Gasteiger partial charge in [-0.05, 0) is 44.9 Å². The maximum absolute atomic E-state index is 11.3. The molecule has 1 aliphatic heterocycles. The molecule has 0 bridgehead atoms. The molecule has 116 valence electrons. The number of hydrogen-bond donors (Lipinski definition) is 3. The molecule has 0 aromatic heterocycles. The van der Waals surface area contributed by atoms with E-state index >= 15 is 0 Å². The highest BCUT2D eigenvalue weighted by Gasteiger charge is 2.24. The maximum Gasteiger partial charge on any atom is 0.337 e. The lowest BCUT2D eigenvalue weighted by Crippen LogP contribution is -2.29. The highest BCUT2D eigenvalue weighted by atomic mass is 35.5. The number of carboxylic acid groups (broad SMARTS) is 1. The first-order chi connectivity index (χ1) is 9.88. The van der Waals surface area contributed by atoms with Crippen molar-refractivity contribution >= 4 is 28.9 Å². The molecular formula is C15H22ClN3O2. The average Bonchev–Trinajstić information content (AvgIpc) is 2.85. The summed E-state index contributed by atoms with van der Waals surface area (Å²) in [4.78, 5) is 13.7. The van der Waals surface area contributed by atoms with Crippen molar-refractivity contribution in [3.63, 3.8) is 0 Å². The van der Waals surface area contributed by atoms with Gasteiger partial charge in [0, 0.05) is 24.8 Å². The molecule has 0 amide bonds. The number of likely N-dealkylation sites (tertiary alicyclic amines) is 1. The monoisotopic (exact) mass is 311 g/mol. The summed E-state index contributed by atoms with van der Waals surface area (Å²) >= 11 is 6.13. The molecule has 0 radical (unpaired) electrons. The van der Waals surface area contributed by atoms with Crippen LogP contribution in [0.1, 0.15) is 30.6 Å². The Morgan fingerprint density at radius 1 is 1.57 bits per heavy atom. The van der Waals surface area contributed by atoms with Crippen LogP contribution in [0.25, 0.3) is 0 Å². The van der Waals surface area contributed by atoms with E-state index in [1.165, 1.54) is 6.07 Å². The summed E-state index contributed by atoms with van der Waals surface area (Å²) < 4.78 is 0. The molecule has 4 N–H and O–H groups in total. The van der Waals surface area contributed by atoms with Gasteiger partial charge >= 0.3 is 5.97 Å². The molecule has 21 heavy (non-hydrogen) atoms.